The molecule has 1 aliphatic heterocycles. The Bertz CT molecular complexity index is 198. The van der Waals surface area contributed by atoms with E-state index in [0.717, 1.165) is 32.5 Å². The van der Waals surface area contributed by atoms with Crippen LogP contribution in [0.25, 0.3) is 0 Å². The summed E-state index contributed by atoms with van der Waals surface area (Å²) in [6.07, 6.45) is 2.16. The number of rotatable bonds is 4. The molecule has 1 amide bonds. The molecule has 1 heterocycles. The number of carbonyl (C=O) groups is 1. The van der Waals surface area contributed by atoms with Crippen LogP contribution in [0.3, 0.4) is 0 Å². The Labute approximate surface area is 93.0 Å². The second-order valence-electron chi connectivity index (χ2n) is 5.01. The highest BCUT2D eigenvalue weighted by Gasteiger charge is 2.21. The first kappa shape index (κ1) is 12.5. The Morgan fingerprint density at radius 3 is 2.73 bits per heavy atom. The maximum absolute atomic E-state index is 11.8. The van der Waals surface area contributed by atoms with Gasteiger partial charge in [-0.2, -0.15) is 0 Å². The molecule has 0 aromatic carbocycles. The van der Waals surface area contributed by atoms with Gasteiger partial charge in [-0.05, 0) is 31.2 Å². The molecule has 3 heteroatoms. The summed E-state index contributed by atoms with van der Waals surface area (Å²) in [5.41, 5.74) is 0. The minimum absolute atomic E-state index is 0.193. The molecule has 1 saturated heterocycles. The number of piperidine rings is 1. The van der Waals surface area contributed by atoms with Crippen molar-refractivity contribution in [3.63, 3.8) is 0 Å². The molecule has 1 unspecified atom stereocenters. The molecule has 0 aliphatic carbocycles. The lowest BCUT2D eigenvalue weighted by molar-refractivity contribution is -0.125. The van der Waals surface area contributed by atoms with E-state index in [0.29, 0.717) is 11.8 Å². The van der Waals surface area contributed by atoms with Crippen molar-refractivity contribution < 1.29 is 4.79 Å². The summed E-state index contributed by atoms with van der Waals surface area (Å²) in [7, 11) is 0. The van der Waals surface area contributed by atoms with E-state index in [4.69, 9.17) is 0 Å². The summed E-state index contributed by atoms with van der Waals surface area (Å²) in [4.78, 5) is 11.8. The first-order valence-corrected chi connectivity index (χ1v) is 6.09. The van der Waals surface area contributed by atoms with Gasteiger partial charge in [0.25, 0.3) is 0 Å². The standard InChI is InChI=1S/C12H24N2O/c1-9(2)10(3)7-14-12(15)11-5-4-6-13-8-11/h9-11,13H,4-8H2,1-3H3,(H,14,15)/t10?,11-/m1/s1. The highest BCUT2D eigenvalue weighted by atomic mass is 16.1. The number of amides is 1. The van der Waals surface area contributed by atoms with Gasteiger partial charge in [-0.1, -0.05) is 20.8 Å². The van der Waals surface area contributed by atoms with Gasteiger partial charge in [0.2, 0.25) is 5.91 Å². The third kappa shape index (κ3) is 4.20. The van der Waals surface area contributed by atoms with Crippen molar-refractivity contribution in [2.24, 2.45) is 17.8 Å². The highest BCUT2D eigenvalue weighted by molar-refractivity contribution is 5.78. The SMILES string of the molecule is CC(C)C(C)CNC(=O)[C@@H]1CCCNC1. The third-order valence-corrected chi connectivity index (χ3v) is 3.40. The fourth-order valence-corrected chi connectivity index (χ4v) is 1.72. The van der Waals surface area contributed by atoms with Crippen molar-refractivity contribution in [3.05, 3.63) is 0 Å². The molecule has 15 heavy (non-hydrogen) atoms. The zero-order valence-corrected chi connectivity index (χ0v) is 10.2. The first-order chi connectivity index (χ1) is 7.11. The van der Waals surface area contributed by atoms with Gasteiger partial charge in [0.15, 0.2) is 0 Å². The topological polar surface area (TPSA) is 41.1 Å². The van der Waals surface area contributed by atoms with E-state index >= 15 is 0 Å². The lowest BCUT2D eigenvalue weighted by Gasteiger charge is -2.23. The van der Waals surface area contributed by atoms with Crippen LogP contribution in [0.4, 0.5) is 0 Å². The predicted molar refractivity (Wildman–Crippen MR) is 62.6 cm³/mol. The van der Waals surface area contributed by atoms with Crippen molar-refractivity contribution >= 4 is 5.91 Å². The van der Waals surface area contributed by atoms with Crippen LogP contribution in [0.1, 0.15) is 33.6 Å². The fourth-order valence-electron chi connectivity index (χ4n) is 1.72. The molecule has 0 spiro atoms. The Morgan fingerprint density at radius 2 is 2.20 bits per heavy atom. The van der Waals surface area contributed by atoms with Crippen molar-refractivity contribution in [1.82, 2.24) is 10.6 Å². The van der Waals surface area contributed by atoms with E-state index < -0.39 is 0 Å². The molecule has 0 saturated carbocycles. The van der Waals surface area contributed by atoms with Crippen molar-refractivity contribution in [3.8, 4) is 0 Å². The summed E-state index contributed by atoms with van der Waals surface area (Å²) < 4.78 is 0. The first-order valence-electron chi connectivity index (χ1n) is 6.09. The summed E-state index contributed by atoms with van der Waals surface area (Å²) in [6.45, 7) is 9.29. The Balaban J connectivity index is 2.22. The van der Waals surface area contributed by atoms with Crippen LogP contribution in [0, 0.1) is 17.8 Å². The van der Waals surface area contributed by atoms with E-state index in [-0.39, 0.29) is 11.8 Å². The van der Waals surface area contributed by atoms with E-state index in [1.807, 2.05) is 0 Å². The number of hydrogen-bond acceptors (Lipinski definition) is 2. The normalized spacial score (nSPS) is 23.9. The minimum atomic E-state index is 0.193. The van der Waals surface area contributed by atoms with Gasteiger partial charge < -0.3 is 10.6 Å². The average Bonchev–Trinajstić information content (AvgIpc) is 2.26. The van der Waals surface area contributed by atoms with E-state index in [1.54, 1.807) is 0 Å². The van der Waals surface area contributed by atoms with Crippen LogP contribution >= 0.6 is 0 Å². The highest BCUT2D eigenvalue weighted by Crippen LogP contribution is 2.11. The summed E-state index contributed by atoms with van der Waals surface area (Å²) in [6, 6.07) is 0. The van der Waals surface area contributed by atoms with Crippen LogP contribution in [0.2, 0.25) is 0 Å². The Kier molecular flexibility index (Phi) is 5.09. The summed E-state index contributed by atoms with van der Waals surface area (Å²) >= 11 is 0. The zero-order valence-electron chi connectivity index (χ0n) is 10.2. The van der Waals surface area contributed by atoms with Crippen LogP contribution < -0.4 is 10.6 Å². The van der Waals surface area contributed by atoms with Gasteiger partial charge in [0, 0.05) is 13.1 Å². The van der Waals surface area contributed by atoms with Crippen LogP contribution in [-0.4, -0.2) is 25.5 Å². The quantitative estimate of drug-likeness (QED) is 0.739. The van der Waals surface area contributed by atoms with Crippen LogP contribution in [0.5, 0.6) is 0 Å². The molecule has 0 radical (unpaired) electrons. The van der Waals surface area contributed by atoms with Gasteiger partial charge in [-0.15, -0.1) is 0 Å². The lowest BCUT2D eigenvalue weighted by Crippen LogP contribution is -2.42. The third-order valence-electron chi connectivity index (χ3n) is 3.40. The van der Waals surface area contributed by atoms with E-state index in [9.17, 15) is 4.79 Å². The molecule has 0 bridgehead atoms. The van der Waals surface area contributed by atoms with Gasteiger partial charge in [-0.3, -0.25) is 4.79 Å². The molecule has 1 rings (SSSR count). The molecule has 2 atom stereocenters. The molecule has 0 aromatic heterocycles. The van der Waals surface area contributed by atoms with Crippen LogP contribution in [0.15, 0.2) is 0 Å². The van der Waals surface area contributed by atoms with Crippen molar-refractivity contribution in [1.29, 1.82) is 0 Å². The van der Waals surface area contributed by atoms with Gasteiger partial charge in [0.1, 0.15) is 0 Å². The molecule has 1 aliphatic rings. The maximum atomic E-state index is 11.8. The number of nitrogens with one attached hydrogen (secondary N) is 2. The van der Waals surface area contributed by atoms with Gasteiger partial charge in [-0.25, -0.2) is 0 Å². The largest absolute Gasteiger partial charge is 0.356 e. The molecular formula is C12H24N2O. The monoisotopic (exact) mass is 212 g/mol. The Morgan fingerprint density at radius 1 is 1.47 bits per heavy atom. The van der Waals surface area contributed by atoms with Crippen LogP contribution in [-0.2, 0) is 4.79 Å². The second-order valence-corrected chi connectivity index (χ2v) is 5.01. The molecule has 3 nitrogen and oxygen atoms in total. The zero-order chi connectivity index (χ0) is 11.3. The van der Waals surface area contributed by atoms with E-state index in [1.165, 1.54) is 0 Å². The lowest BCUT2D eigenvalue weighted by atomic mass is 9.96. The summed E-state index contributed by atoms with van der Waals surface area (Å²) in [5.74, 6) is 1.62. The smallest absolute Gasteiger partial charge is 0.224 e. The summed E-state index contributed by atoms with van der Waals surface area (Å²) in [5, 5.41) is 6.32. The fraction of sp³-hybridized carbons (Fsp3) is 0.917. The number of carbonyl (C=O) groups excluding carboxylic acids is 1. The van der Waals surface area contributed by atoms with Gasteiger partial charge in [0.05, 0.1) is 5.92 Å². The molecule has 88 valence electrons. The molecule has 1 fully saturated rings. The molecular weight excluding hydrogens is 188 g/mol. The average molecular weight is 212 g/mol. The van der Waals surface area contributed by atoms with Gasteiger partial charge >= 0.3 is 0 Å². The second kappa shape index (κ2) is 6.11. The van der Waals surface area contributed by atoms with Crippen molar-refractivity contribution in [2.75, 3.05) is 19.6 Å². The Hall–Kier alpha value is -0.570. The van der Waals surface area contributed by atoms with E-state index in [2.05, 4.69) is 31.4 Å². The molecule has 2 N–H and O–H groups in total. The predicted octanol–water partition coefficient (Wildman–Crippen LogP) is 1.39. The minimum Gasteiger partial charge on any atom is -0.356 e. The van der Waals surface area contributed by atoms with Crippen molar-refractivity contribution in [2.45, 2.75) is 33.6 Å². The number of hydrogen-bond donors (Lipinski definition) is 2. The maximum Gasteiger partial charge on any atom is 0.224 e. The molecule has 0 aromatic rings.